The third kappa shape index (κ3) is 2.86. The molecule has 2 atom stereocenters. The fourth-order valence-corrected chi connectivity index (χ4v) is 3.75. The van der Waals surface area contributed by atoms with Gasteiger partial charge in [0.1, 0.15) is 11.4 Å². The Morgan fingerprint density at radius 2 is 2.26 bits per heavy atom. The van der Waals surface area contributed by atoms with Crippen LogP contribution in [-0.4, -0.2) is 27.6 Å². The summed E-state index contributed by atoms with van der Waals surface area (Å²) in [4.78, 5) is 11.7. The Labute approximate surface area is 116 Å². The summed E-state index contributed by atoms with van der Waals surface area (Å²) in [6.07, 6.45) is 1.41. The van der Waals surface area contributed by atoms with Gasteiger partial charge in [0.15, 0.2) is 0 Å². The molecule has 1 saturated heterocycles. The smallest absolute Gasteiger partial charge is 0.330 e. The van der Waals surface area contributed by atoms with E-state index in [1.165, 1.54) is 12.1 Å². The van der Waals surface area contributed by atoms with Gasteiger partial charge in [-0.2, -0.15) is 11.8 Å². The van der Waals surface area contributed by atoms with Crippen LogP contribution in [0.15, 0.2) is 18.2 Å². The number of hydrogen-bond donors (Lipinski definition) is 2. The molecule has 3 nitrogen and oxygen atoms in total. The van der Waals surface area contributed by atoms with Gasteiger partial charge in [0, 0.05) is 10.9 Å². The maximum atomic E-state index is 13.4. The van der Waals surface area contributed by atoms with Crippen LogP contribution in [0.3, 0.4) is 0 Å². The van der Waals surface area contributed by atoms with E-state index in [2.05, 4.69) is 5.32 Å². The fourth-order valence-electron chi connectivity index (χ4n) is 2.52. The molecule has 0 aliphatic carbocycles. The van der Waals surface area contributed by atoms with E-state index in [4.69, 9.17) is 0 Å². The van der Waals surface area contributed by atoms with Crippen LogP contribution in [0.4, 0.5) is 10.1 Å². The molecule has 0 amide bonds. The first-order chi connectivity index (χ1) is 8.94. The molecule has 0 saturated carbocycles. The van der Waals surface area contributed by atoms with Crippen LogP contribution in [0.1, 0.15) is 25.3 Å². The monoisotopic (exact) mass is 283 g/mol. The average Bonchev–Trinajstić information content (AvgIpc) is 2.30. The lowest BCUT2D eigenvalue weighted by molar-refractivity contribution is -0.142. The quantitative estimate of drug-likeness (QED) is 0.893. The highest BCUT2D eigenvalue weighted by molar-refractivity contribution is 8.00. The van der Waals surface area contributed by atoms with Gasteiger partial charge in [0.05, 0.1) is 0 Å². The van der Waals surface area contributed by atoms with Crippen LogP contribution in [0, 0.1) is 12.7 Å². The molecule has 1 aliphatic heterocycles. The molecule has 1 aliphatic rings. The minimum Gasteiger partial charge on any atom is -0.479 e. The third-order valence-corrected chi connectivity index (χ3v) is 5.00. The van der Waals surface area contributed by atoms with Crippen LogP contribution in [0.2, 0.25) is 0 Å². The highest BCUT2D eigenvalue weighted by Gasteiger charge is 2.45. The van der Waals surface area contributed by atoms with Crippen molar-refractivity contribution in [3.05, 3.63) is 29.6 Å². The molecule has 2 unspecified atom stereocenters. The SMILES string of the molecule is Cc1cc(F)cc(NC2(C(=O)O)CCCSC2C)c1. The van der Waals surface area contributed by atoms with E-state index < -0.39 is 11.5 Å². The number of benzene rings is 1. The molecule has 0 bridgehead atoms. The molecule has 5 heteroatoms. The summed E-state index contributed by atoms with van der Waals surface area (Å²) < 4.78 is 13.4. The fraction of sp³-hybridized carbons (Fsp3) is 0.500. The number of aryl methyl sites for hydroxylation is 1. The Balaban J connectivity index is 2.33. The van der Waals surface area contributed by atoms with Gasteiger partial charge in [-0.05, 0) is 49.3 Å². The number of rotatable bonds is 3. The van der Waals surface area contributed by atoms with Gasteiger partial charge in [0.2, 0.25) is 0 Å². The maximum Gasteiger partial charge on any atom is 0.330 e. The number of carboxylic acids is 1. The topological polar surface area (TPSA) is 49.3 Å². The molecule has 0 aromatic heterocycles. The Morgan fingerprint density at radius 3 is 2.84 bits per heavy atom. The number of thioether (sulfide) groups is 1. The standard InChI is InChI=1S/C14H18FNO2S/c1-9-6-11(15)8-12(7-9)16-14(13(17)18)4-3-5-19-10(14)2/h6-8,10,16H,3-5H2,1-2H3,(H,17,18). The maximum absolute atomic E-state index is 13.4. The Bertz CT molecular complexity index is 474. The van der Waals surface area contributed by atoms with E-state index in [0.29, 0.717) is 12.1 Å². The van der Waals surface area contributed by atoms with Gasteiger partial charge in [-0.15, -0.1) is 0 Å². The molecule has 1 aromatic rings. The van der Waals surface area contributed by atoms with Crippen molar-refractivity contribution in [2.45, 2.75) is 37.5 Å². The lowest BCUT2D eigenvalue weighted by Gasteiger charge is -2.40. The van der Waals surface area contributed by atoms with Crippen molar-refractivity contribution in [1.82, 2.24) is 0 Å². The van der Waals surface area contributed by atoms with Gasteiger partial charge in [-0.1, -0.05) is 6.92 Å². The number of halogens is 1. The number of nitrogens with one attached hydrogen (secondary N) is 1. The van der Waals surface area contributed by atoms with Crippen LogP contribution >= 0.6 is 11.8 Å². The van der Waals surface area contributed by atoms with Crippen LogP contribution in [0.5, 0.6) is 0 Å². The Kier molecular flexibility index (Phi) is 4.04. The Hall–Kier alpha value is -1.23. The van der Waals surface area contributed by atoms with Gasteiger partial charge in [-0.25, -0.2) is 9.18 Å². The second-order valence-electron chi connectivity index (χ2n) is 5.04. The summed E-state index contributed by atoms with van der Waals surface area (Å²) >= 11 is 1.64. The first-order valence-corrected chi connectivity index (χ1v) is 7.39. The zero-order valence-electron chi connectivity index (χ0n) is 11.1. The van der Waals surface area contributed by atoms with Crippen molar-refractivity contribution < 1.29 is 14.3 Å². The number of carboxylic acid groups (broad SMARTS) is 1. The summed E-state index contributed by atoms with van der Waals surface area (Å²) in [7, 11) is 0. The molecule has 104 valence electrons. The van der Waals surface area contributed by atoms with E-state index in [-0.39, 0.29) is 11.1 Å². The normalized spacial score (nSPS) is 27.0. The van der Waals surface area contributed by atoms with Crippen LogP contribution in [0.25, 0.3) is 0 Å². The van der Waals surface area contributed by atoms with Crippen molar-refractivity contribution in [1.29, 1.82) is 0 Å². The summed E-state index contributed by atoms with van der Waals surface area (Å²) in [5, 5.41) is 12.6. The van der Waals surface area contributed by atoms with E-state index >= 15 is 0 Å². The minimum atomic E-state index is -1.01. The Morgan fingerprint density at radius 1 is 1.53 bits per heavy atom. The number of carbonyl (C=O) groups is 1. The predicted octanol–water partition coefficient (Wildman–Crippen LogP) is 3.28. The molecule has 1 fully saturated rings. The van der Waals surface area contributed by atoms with Gasteiger partial charge >= 0.3 is 5.97 Å². The molecule has 2 rings (SSSR count). The summed E-state index contributed by atoms with van der Waals surface area (Å²) in [6.45, 7) is 3.71. The van der Waals surface area contributed by atoms with E-state index in [1.807, 2.05) is 6.92 Å². The molecule has 0 spiro atoms. The van der Waals surface area contributed by atoms with Gasteiger partial charge in [0.25, 0.3) is 0 Å². The van der Waals surface area contributed by atoms with Gasteiger partial charge < -0.3 is 10.4 Å². The number of hydrogen-bond acceptors (Lipinski definition) is 3. The zero-order chi connectivity index (χ0) is 14.0. The summed E-state index contributed by atoms with van der Waals surface area (Å²) in [5.41, 5.74) is 0.303. The van der Waals surface area contributed by atoms with Crippen LogP contribution in [-0.2, 0) is 4.79 Å². The summed E-state index contributed by atoms with van der Waals surface area (Å²) in [6, 6.07) is 4.56. The molecule has 1 aromatic carbocycles. The van der Waals surface area contributed by atoms with Crippen molar-refractivity contribution >= 4 is 23.4 Å². The number of aliphatic carboxylic acids is 1. The average molecular weight is 283 g/mol. The first kappa shape index (κ1) is 14.2. The molecule has 19 heavy (non-hydrogen) atoms. The molecular weight excluding hydrogens is 265 g/mol. The number of anilines is 1. The highest BCUT2D eigenvalue weighted by Crippen LogP contribution is 2.37. The lowest BCUT2D eigenvalue weighted by Crippen LogP contribution is -2.55. The van der Waals surface area contributed by atoms with E-state index in [1.54, 1.807) is 24.8 Å². The molecule has 2 N–H and O–H groups in total. The third-order valence-electron chi connectivity index (χ3n) is 3.57. The highest BCUT2D eigenvalue weighted by atomic mass is 32.2. The lowest BCUT2D eigenvalue weighted by atomic mass is 9.89. The molecule has 0 radical (unpaired) electrons. The second kappa shape index (κ2) is 5.41. The minimum absolute atomic E-state index is 0.0534. The van der Waals surface area contributed by atoms with Crippen molar-refractivity contribution in [2.75, 3.05) is 11.1 Å². The van der Waals surface area contributed by atoms with Crippen molar-refractivity contribution in [3.63, 3.8) is 0 Å². The largest absolute Gasteiger partial charge is 0.479 e. The second-order valence-corrected chi connectivity index (χ2v) is 6.48. The van der Waals surface area contributed by atoms with Gasteiger partial charge in [-0.3, -0.25) is 0 Å². The molecular formula is C14H18FNO2S. The van der Waals surface area contributed by atoms with Crippen LogP contribution < -0.4 is 5.32 Å². The van der Waals surface area contributed by atoms with Crippen molar-refractivity contribution in [2.24, 2.45) is 0 Å². The van der Waals surface area contributed by atoms with Crippen molar-refractivity contribution in [3.8, 4) is 0 Å². The molecule has 1 heterocycles. The first-order valence-electron chi connectivity index (χ1n) is 6.34. The van der Waals surface area contributed by atoms with E-state index in [0.717, 1.165) is 17.7 Å². The summed E-state index contributed by atoms with van der Waals surface area (Å²) in [5.74, 6) is -0.242. The zero-order valence-corrected chi connectivity index (χ0v) is 11.9. The predicted molar refractivity (Wildman–Crippen MR) is 76.3 cm³/mol. The van der Waals surface area contributed by atoms with E-state index in [9.17, 15) is 14.3 Å².